The van der Waals surface area contributed by atoms with Gasteiger partial charge in [-0.3, -0.25) is 0 Å². The van der Waals surface area contributed by atoms with Gasteiger partial charge in [-0.05, 0) is 49.7 Å². The minimum atomic E-state index is 0.791. The van der Waals surface area contributed by atoms with Gasteiger partial charge in [-0.1, -0.05) is 36.7 Å². The van der Waals surface area contributed by atoms with E-state index in [9.17, 15) is 0 Å². The van der Waals surface area contributed by atoms with E-state index < -0.39 is 0 Å². The van der Waals surface area contributed by atoms with Crippen LogP contribution in [0.4, 0.5) is 0 Å². The van der Waals surface area contributed by atoms with Crippen LogP contribution in [0.2, 0.25) is 5.02 Å². The van der Waals surface area contributed by atoms with E-state index in [2.05, 4.69) is 37.4 Å². The van der Waals surface area contributed by atoms with E-state index in [0.717, 1.165) is 24.5 Å². The molecule has 15 heavy (non-hydrogen) atoms. The smallest absolute Gasteiger partial charge is 0.0406 e. The van der Waals surface area contributed by atoms with Crippen molar-refractivity contribution in [2.75, 3.05) is 13.1 Å². The largest absolute Gasteiger partial charge is 0.317 e. The van der Waals surface area contributed by atoms with Crippen LogP contribution < -0.4 is 5.32 Å². The highest BCUT2D eigenvalue weighted by Crippen LogP contribution is 2.17. The van der Waals surface area contributed by atoms with E-state index in [1.165, 1.54) is 11.1 Å². The molecule has 1 nitrogen and oxygen atoms in total. The molecule has 0 saturated heterocycles. The van der Waals surface area contributed by atoms with E-state index >= 15 is 0 Å². The second kappa shape index (κ2) is 6.65. The number of halogens is 1. The Labute approximate surface area is 97.1 Å². The molecule has 1 N–H and O–H groups in total. The van der Waals surface area contributed by atoms with Crippen LogP contribution in [0.5, 0.6) is 0 Å². The number of allylic oxidation sites excluding steroid dienone is 1. The summed E-state index contributed by atoms with van der Waals surface area (Å²) in [5.41, 5.74) is 2.56. The highest BCUT2D eigenvalue weighted by Gasteiger charge is 1.94. The Morgan fingerprint density at radius 3 is 2.60 bits per heavy atom. The fraction of sp³-hybridized carbons (Fsp3) is 0.385. The summed E-state index contributed by atoms with van der Waals surface area (Å²) in [6, 6.07) is 7.97. The molecule has 0 atom stereocenters. The van der Waals surface area contributed by atoms with Crippen molar-refractivity contribution in [2.45, 2.75) is 20.3 Å². The number of hydrogen-bond acceptors (Lipinski definition) is 1. The molecule has 2 heteroatoms. The summed E-state index contributed by atoms with van der Waals surface area (Å²) in [6.45, 7) is 6.33. The van der Waals surface area contributed by atoms with Crippen LogP contribution in [0.25, 0.3) is 5.57 Å². The molecule has 0 aromatic heterocycles. The maximum absolute atomic E-state index is 5.83. The predicted octanol–water partition coefficient (Wildman–Crippen LogP) is 3.74. The molecule has 0 spiro atoms. The van der Waals surface area contributed by atoms with Gasteiger partial charge in [0, 0.05) is 5.02 Å². The van der Waals surface area contributed by atoms with E-state index in [1.807, 2.05) is 12.1 Å². The Hall–Kier alpha value is -0.790. The molecule has 1 aromatic rings. The topological polar surface area (TPSA) is 12.0 Å². The third-order valence-electron chi connectivity index (χ3n) is 2.32. The predicted molar refractivity (Wildman–Crippen MR) is 68.3 cm³/mol. The summed E-state index contributed by atoms with van der Waals surface area (Å²) in [5.74, 6) is 0. The minimum Gasteiger partial charge on any atom is -0.317 e. The van der Waals surface area contributed by atoms with Crippen molar-refractivity contribution >= 4 is 17.2 Å². The van der Waals surface area contributed by atoms with E-state index in [-0.39, 0.29) is 0 Å². The Bertz CT molecular complexity index is 314. The minimum absolute atomic E-state index is 0.791. The molecule has 0 amide bonds. The molecule has 1 aromatic carbocycles. The monoisotopic (exact) mass is 223 g/mol. The lowest BCUT2D eigenvalue weighted by molar-refractivity contribution is 0.727. The number of rotatable bonds is 5. The van der Waals surface area contributed by atoms with E-state index in [4.69, 9.17) is 11.6 Å². The zero-order chi connectivity index (χ0) is 11.1. The Kier molecular flexibility index (Phi) is 5.44. The lowest BCUT2D eigenvalue weighted by Gasteiger charge is -2.02. The SMILES string of the molecule is CCNCCC=C(C)c1ccc(Cl)cc1. The zero-order valence-electron chi connectivity index (χ0n) is 9.39. The van der Waals surface area contributed by atoms with E-state index in [0.29, 0.717) is 0 Å². The van der Waals surface area contributed by atoms with Crippen LogP contribution in [-0.2, 0) is 0 Å². The summed E-state index contributed by atoms with van der Waals surface area (Å²) in [6.07, 6.45) is 3.33. The number of benzene rings is 1. The zero-order valence-corrected chi connectivity index (χ0v) is 10.1. The van der Waals surface area contributed by atoms with Crippen molar-refractivity contribution in [3.8, 4) is 0 Å². The van der Waals surface area contributed by atoms with Crippen molar-refractivity contribution < 1.29 is 0 Å². The fourth-order valence-corrected chi connectivity index (χ4v) is 1.52. The maximum atomic E-state index is 5.83. The lowest BCUT2D eigenvalue weighted by Crippen LogP contribution is -2.13. The quantitative estimate of drug-likeness (QED) is 0.750. The van der Waals surface area contributed by atoms with Crippen molar-refractivity contribution in [1.82, 2.24) is 5.32 Å². The normalized spacial score (nSPS) is 11.8. The highest BCUT2D eigenvalue weighted by atomic mass is 35.5. The second-order valence-electron chi connectivity index (χ2n) is 3.54. The molecule has 0 bridgehead atoms. The number of hydrogen-bond donors (Lipinski definition) is 1. The second-order valence-corrected chi connectivity index (χ2v) is 3.97. The van der Waals surface area contributed by atoms with Crippen LogP contribution in [0.3, 0.4) is 0 Å². The van der Waals surface area contributed by atoms with Gasteiger partial charge in [0.1, 0.15) is 0 Å². The maximum Gasteiger partial charge on any atom is 0.0406 e. The Morgan fingerprint density at radius 1 is 1.33 bits per heavy atom. The first-order valence-electron chi connectivity index (χ1n) is 5.37. The lowest BCUT2D eigenvalue weighted by atomic mass is 10.1. The van der Waals surface area contributed by atoms with Crippen LogP contribution in [0.15, 0.2) is 30.3 Å². The summed E-state index contributed by atoms with van der Waals surface area (Å²) >= 11 is 5.83. The summed E-state index contributed by atoms with van der Waals surface area (Å²) in [5, 5.41) is 4.09. The van der Waals surface area contributed by atoms with Gasteiger partial charge in [0.25, 0.3) is 0 Å². The van der Waals surface area contributed by atoms with Crippen molar-refractivity contribution in [2.24, 2.45) is 0 Å². The van der Waals surface area contributed by atoms with Crippen molar-refractivity contribution in [1.29, 1.82) is 0 Å². The van der Waals surface area contributed by atoms with Crippen molar-refractivity contribution in [3.05, 3.63) is 40.9 Å². The summed E-state index contributed by atoms with van der Waals surface area (Å²) < 4.78 is 0. The van der Waals surface area contributed by atoms with Crippen LogP contribution in [0, 0.1) is 0 Å². The molecule has 0 fully saturated rings. The molecule has 0 aliphatic heterocycles. The third-order valence-corrected chi connectivity index (χ3v) is 2.57. The highest BCUT2D eigenvalue weighted by molar-refractivity contribution is 6.30. The van der Waals surface area contributed by atoms with Gasteiger partial charge >= 0.3 is 0 Å². The van der Waals surface area contributed by atoms with Crippen LogP contribution in [-0.4, -0.2) is 13.1 Å². The van der Waals surface area contributed by atoms with Gasteiger partial charge < -0.3 is 5.32 Å². The first-order chi connectivity index (χ1) is 7.24. The third kappa shape index (κ3) is 4.50. The molecule has 0 unspecified atom stereocenters. The van der Waals surface area contributed by atoms with Crippen LogP contribution >= 0.6 is 11.6 Å². The summed E-state index contributed by atoms with van der Waals surface area (Å²) in [7, 11) is 0. The van der Waals surface area contributed by atoms with Crippen LogP contribution in [0.1, 0.15) is 25.8 Å². The van der Waals surface area contributed by atoms with Gasteiger partial charge in [0.2, 0.25) is 0 Å². The standard InChI is InChI=1S/C13H18ClN/c1-3-15-10-4-5-11(2)12-6-8-13(14)9-7-12/h5-9,15H,3-4,10H2,1-2H3. The molecular formula is C13H18ClN. The average molecular weight is 224 g/mol. The first kappa shape index (κ1) is 12.3. The average Bonchev–Trinajstić information content (AvgIpc) is 2.25. The van der Waals surface area contributed by atoms with Gasteiger partial charge in [0.05, 0.1) is 0 Å². The van der Waals surface area contributed by atoms with E-state index in [1.54, 1.807) is 0 Å². The van der Waals surface area contributed by atoms with Gasteiger partial charge in [-0.2, -0.15) is 0 Å². The first-order valence-corrected chi connectivity index (χ1v) is 5.75. The number of nitrogens with one attached hydrogen (secondary N) is 1. The van der Waals surface area contributed by atoms with Gasteiger partial charge in [-0.15, -0.1) is 0 Å². The molecular weight excluding hydrogens is 206 g/mol. The van der Waals surface area contributed by atoms with Crippen molar-refractivity contribution in [3.63, 3.8) is 0 Å². The molecule has 0 aliphatic carbocycles. The molecule has 0 heterocycles. The van der Waals surface area contributed by atoms with Gasteiger partial charge in [0.15, 0.2) is 0 Å². The molecule has 82 valence electrons. The Balaban J connectivity index is 2.52. The fourth-order valence-electron chi connectivity index (χ4n) is 1.40. The molecule has 0 radical (unpaired) electrons. The molecule has 1 rings (SSSR count). The summed E-state index contributed by atoms with van der Waals surface area (Å²) in [4.78, 5) is 0. The Morgan fingerprint density at radius 2 is 2.00 bits per heavy atom. The molecule has 0 aliphatic rings. The van der Waals surface area contributed by atoms with Gasteiger partial charge in [-0.25, -0.2) is 0 Å². The molecule has 0 saturated carbocycles.